The standard InChI is InChI=1S/C20H29N3O3/c1-4-20(2,3)13-7-5-11(6-8-13)16-14(18(22)25)9-12(17(21)24)10-15(16)19(23)26/h9-11,13H,4-8H2,1-3H3,(H2,21,24)(H2,22,25)(H2,23,26). The van der Waals surface area contributed by atoms with Crippen molar-refractivity contribution in [2.45, 2.75) is 58.8 Å². The molecule has 0 aliphatic heterocycles. The fourth-order valence-electron chi connectivity index (χ4n) is 4.10. The van der Waals surface area contributed by atoms with Gasteiger partial charge >= 0.3 is 0 Å². The quantitative estimate of drug-likeness (QED) is 0.722. The van der Waals surface area contributed by atoms with Gasteiger partial charge in [0, 0.05) is 16.7 Å². The maximum Gasteiger partial charge on any atom is 0.249 e. The first-order valence-corrected chi connectivity index (χ1v) is 9.15. The zero-order valence-electron chi connectivity index (χ0n) is 15.8. The minimum atomic E-state index is -0.727. The number of hydrogen-bond donors (Lipinski definition) is 3. The summed E-state index contributed by atoms with van der Waals surface area (Å²) in [6.45, 7) is 6.76. The SMILES string of the molecule is CCC(C)(C)C1CCC(c2c(C(N)=O)cc(C(N)=O)cc2C(N)=O)CC1. The van der Waals surface area contributed by atoms with Crippen LogP contribution in [0.25, 0.3) is 0 Å². The fraction of sp³-hybridized carbons (Fsp3) is 0.550. The summed E-state index contributed by atoms with van der Waals surface area (Å²) in [4.78, 5) is 35.5. The number of nitrogens with two attached hydrogens (primary N) is 3. The first-order chi connectivity index (χ1) is 12.1. The molecular weight excluding hydrogens is 330 g/mol. The molecule has 1 aliphatic carbocycles. The Kier molecular flexibility index (Phi) is 5.74. The van der Waals surface area contributed by atoms with E-state index < -0.39 is 17.7 Å². The molecule has 142 valence electrons. The third kappa shape index (κ3) is 3.89. The topological polar surface area (TPSA) is 129 Å². The second kappa shape index (κ2) is 7.48. The molecule has 0 aromatic heterocycles. The van der Waals surface area contributed by atoms with Gasteiger partial charge in [0.1, 0.15) is 0 Å². The minimum absolute atomic E-state index is 0.0193. The molecule has 1 aromatic carbocycles. The first kappa shape index (κ1) is 19.9. The van der Waals surface area contributed by atoms with E-state index in [0.717, 1.165) is 32.1 Å². The maximum atomic E-state index is 12.0. The predicted molar refractivity (Wildman–Crippen MR) is 101 cm³/mol. The number of amides is 3. The summed E-state index contributed by atoms with van der Waals surface area (Å²) in [5.74, 6) is -1.47. The molecule has 0 radical (unpaired) electrons. The van der Waals surface area contributed by atoms with Gasteiger partial charge in [-0.2, -0.15) is 0 Å². The first-order valence-electron chi connectivity index (χ1n) is 9.15. The highest BCUT2D eigenvalue weighted by Crippen LogP contribution is 2.46. The number of carbonyl (C=O) groups excluding carboxylic acids is 3. The Morgan fingerprint density at radius 2 is 1.38 bits per heavy atom. The molecule has 0 unspecified atom stereocenters. The van der Waals surface area contributed by atoms with Crippen LogP contribution in [0.2, 0.25) is 0 Å². The Bertz CT molecular complexity index is 697. The summed E-state index contributed by atoms with van der Waals surface area (Å²) < 4.78 is 0. The summed E-state index contributed by atoms with van der Waals surface area (Å²) in [5, 5.41) is 0. The number of hydrogen-bond acceptors (Lipinski definition) is 3. The van der Waals surface area contributed by atoms with Gasteiger partial charge in [0.25, 0.3) is 0 Å². The molecule has 26 heavy (non-hydrogen) atoms. The Labute approximate surface area is 154 Å². The van der Waals surface area contributed by atoms with Crippen molar-refractivity contribution in [1.82, 2.24) is 0 Å². The van der Waals surface area contributed by atoms with Crippen LogP contribution in [0.5, 0.6) is 0 Å². The molecule has 1 fully saturated rings. The zero-order valence-corrected chi connectivity index (χ0v) is 15.8. The van der Waals surface area contributed by atoms with Crippen LogP contribution in [0.1, 0.15) is 95.4 Å². The zero-order chi connectivity index (χ0) is 19.6. The van der Waals surface area contributed by atoms with E-state index in [0.29, 0.717) is 11.5 Å². The van der Waals surface area contributed by atoms with Crippen molar-refractivity contribution in [1.29, 1.82) is 0 Å². The average molecular weight is 359 g/mol. The molecule has 6 heteroatoms. The van der Waals surface area contributed by atoms with Crippen molar-refractivity contribution < 1.29 is 14.4 Å². The lowest BCUT2D eigenvalue weighted by atomic mass is 9.66. The largest absolute Gasteiger partial charge is 0.366 e. The second-order valence-electron chi connectivity index (χ2n) is 7.97. The molecule has 0 spiro atoms. The molecule has 1 saturated carbocycles. The van der Waals surface area contributed by atoms with Crippen molar-refractivity contribution in [3.05, 3.63) is 34.4 Å². The van der Waals surface area contributed by atoms with Crippen molar-refractivity contribution in [2.24, 2.45) is 28.5 Å². The van der Waals surface area contributed by atoms with Crippen LogP contribution >= 0.6 is 0 Å². The van der Waals surface area contributed by atoms with Gasteiger partial charge in [0.05, 0.1) is 0 Å². The van der Waals surface area contributed by atoms with E-state index >= 15 is 0 Å². The summed E-state index contributed by atoms with van der Waals surface area (Å²) >= 11 is 0. The van der Waals surface area contributed by atoms with E-state index in [-0.39, 0.29) is 28.0 Å². The Hall–Kier alpha value is -2.37. The van der Waals surface area contributed by atoms with Gasteiger partial charge in [-0.1, -0.05) is 27.2 Å². The molecular formula is C20H29N3O3. The molecule has 0 saturated heterocycles. The van der Waals surface area contributed by atoms with Gasteiger partial charge in [0.15, 0.2) is 0 Å². The van der Waals surface area contributed by atoms with Crippen molar-refractivity contribution in [3.8, 4) is 0 Å². The van der Waals surface area contributed by atoms with Gasteiger partial charge in [-0.25, -0.2) is 0 Å². The highest BCUT2D eigenvalue weighted by Gasteiger charge is 2.34. The third-order valence-corrected chi connectivity index (χ3v) is 6.15. The molecule has 1 aromatic rings. The van der Waals surface area contributed by atoms with Crippen LogP contribution in [0.3, 0.4) is 0 Å². The summed E-state index contributed by atoms with van der Waals surface area (Å²) in [5.41, 5.74) is 17.6. The molecule has 6 N–H and O–H groups in total. The molecule has 2 rings (SSSR count). The lowest BCUT2D eigenvalue weighted by Crippen LogP contribution is -2.30. The van der Waals surface area contributed by atoms with Crippen LogP contribution in [0.4, 0.5) is 0 Å². The van der Waals surface area contributed by atoms with Crippen molar-refractivity contribution in [2.75, 3.05) is 0 Å². The van der Waals surface area contributed by atoms with E-state index in [1.165, 1.54) is 12.1 Å². The van der Waals surface area contributed by atoms with Crippen LogP contribution in [-0.2, 0) is 0 Å². The monoisotopic (exact) mass is 359 g/mol. The molecule has 1 aliphatic rings. The van der Waals surface area contributed by atoms with Gasteiger partial charge in [-0.3, -0.25) is 14.4 Å². The van der Waals surface area contributed by atoms with E-state index in [9.17, 15) is 14.4 Å². The normalized spacial score (nSPS) is 20.6. The average Bonchev–Trinajstić information content (AvgIpc) is 2.60. The lowest BCUT2D eigenvalue weighted by molar-refractivity contribution is 0.0995. The maximum absolute atomic E-state index is 12.0. The van der Waals surface area contributed by atoms with Crippen LogP contribution in [0, 0.1) is 11.3 Å². The highest BCUT2D eigenvalue weighted by atomic mass is 16.2. The van der Waals surface area contributed by atoms with Crippen LogP contribution < -0.4 is 17.2 Å². The number of rotatable bonds is 6. The third-order valence-electron chi connectivity index (χ3n) is 6.15. The summed E-state index contributed by atoms with van der Waals surface area (Å²) in [7, 11) is 0. The summed E-state index contributed by atoms with van der Waals surface area (Å²) in [6.07, 6.45) is 4.84. The summed E-state index contributed by atoms with van der Waals surface area (Å²) in [6, 6.07) is 2.77. The van der Waals surface area contributed by atoms with Gasteiger partial charge in [0.2, 0.25) is 17.7 Å². The van der Waals surface area contributed by atoms with Crippen LogP contribution in [-0.4, -0.2) is 17.7 Å². The Balaban J connectivity index is 2.44. The molecule has 6 nitrogen and oxygen atoms in total. The Morgan fingerprint density at radius 3 is 1.73 bits per heavy atom. The smallest absolute Gasteiger partial charge is 0.249 e. The lowest BCUT2D eigenvalue weighted by Gasteiger charge is -2.39. The van der Waals surface area contributed by atoms with E-state index in [2.05, 4.69) is 20.8 Å². The second-order valence-corrected chi connectivity index (χ2v) is 7.97. The van der Waals surface area contributed by atoms with E-state index in [1.54, 1.807) is 0 Å². The van der Waals surface area contributed by atoms with Gasteiger partial charge < -0.3 is 17.2 Å². The predicted octanol–water partition coefficient (Wildman–Crippen LogP) is 2.69. The number of primary amides is 3. The number of carbonyl (C=O) groups is 3. The minimum Gasteiger partial charge on any atom is -0.366 e. The molecule has 3 amide bonds. The fourth-order valence-corrected chi connectivity index (χ4v) is 4.10. The number of benzene rings is 1. The molecule has 0 heterocycles. The van der Waals surface area contributed by atoms with Crippen LogP contribution in [0.15, 0.2) is 12.1 Å². The Morgan fingerprint density at radius 1 is 0.923 bits per heavy atom. The van der Waals surface area contributed by atoms with Gasteiger partial charge in [-0.05, 0) is 60.6 Å². The van der Waals surface area contributed by atoms with Gasteiger partial charge in [-0.15, -0.1) is 0 Å². The van der Waals surface area contributed by atoms with E-state index in [4.69, 9.17) is 17.2 Å². The van der Waals surface area contributed by atoms with Crippen molar-refractivity contribution >= 4 is 17.7 Å². The highest BCUT2D eigenvalue weighted by molar-refractivity contribution is 6.05. The van der Waals surface area contributed by atoms with E-state index in [1.807, 2.05) is 0 Å². The van der Waals surface area contributed by atoms with Crippen molar-refractivity contribution in [3.63, 3.8) is 0 Å². The molecule has 0 bridgehead atoms. The molecule has 0 atom stereocenters.